The van der Waals surface area contributed by atoms with E-state index in [-0.39, 0.29) is 6.04 Å². The summed E-state index contributed by atoms with van der Waals surface area (Å²) in [6.45, 7) is 6.60. The van der Waals surface area contributed by atoms with Crippen LogP contribution in [0.5, 0.6) is 0 Å². The quantitative estimate of drug-likeness (QED) is 0.851. The molecule has 0 spiro atoms. The molecule has 0 aliphatic carbocycles. The average molecular weight is 267 g/mol. The molecule has 0 bridgehead atoms. The summed E-state index contributed by atoms with van der Waals surface area (Å²) in [6, 6.07) is 17.5. The minimum absolute atomic E-state index is 0.0748. The van der Waals surface area contributed by atoms with Crippen LogP contribution in [0.4, 0.5) is 0 Å². The maximum absolute atomic E-state index is 6.32. The van der Waals surface area contributed by atoms with Crippen LogP contribution in [0.15, 0.2) is 48.5 Å². The van der Waals surface area contributed by atoms with Crippen molar-refractivity contribution in [2.75, 3.05) is 0 Å². The zero-order valence-corrected chi connectivity index (χ0v) is 12.8. The maximum atomic E-state index is 6.32. The molecule has 20 heavy (non-hydrogen) atoms. The Morgan fingerprint density at radius 2 is 1.30 bits per heavy atom. The number of benzene rings is 2. The van der Waals surface area contributed by atoms with Gasteiger partial charge >= 0.3 is 0 Å². The van der Waals surface area contributed by atoms with Crippen molar-refractivity contribution in [1.82, 2.24) is 0 Å². The van der Waals surface area contributed by atoms with Crippen LogP contribution < -0.4 is 5.73 Å². The van der Waals surface area contributed by atoms with E-state index >= 15 is 0 Å². The van der Waals surface area contributed by atoms with E-state index in [4.69, 9.17) is 5.73 Å². The predicted octanol–water partition coefficient (Wildman–Crippen LogP) is 4.44. The molecule has 106 valence electrons. The Morgan fingerprint density at radius 3 is 1.85 bits per heavy atom. The van der Waals surface area contributed by atoms with Crippen molar-refractivity contribution in [2.45, 2.75) is 39.7 Å². The van der Waals surface area contributed by atoms with Gasteiger partial charge in [0.15, 0.2) is 0 Å². The van der Waals surface area contributed by atoms with Gasteiger partial charge in [-0.3, -0.25) is 0 Å². The SMILES string of the molecule is Cc1ccc(CC(N)c2ccc(CC(C)C)cc2)cc1. The Balaban J connectivity index is 2.01. The molecule has 0 aliphatic heterocycles. The first-order valence-corrected chi connectivity index (χ1v) is 7.44. The zero-order chi connectivity index (χ0) is 14.5. The molecule has 0 aliphatic rings. The molecular formula is C19H25N. The van der Waals surface area contributed by atoms with E-state index in [9.17, 15) is 0 Å². The van der Waals surface area contributed by atoms with Crippen LogP contribution in [0, 0.1) is 12.8 Å². The topological polar surface area (TPSA) is 26.0 Å². The molecule has 2 N–H and O–H groups in total. The van der Waals surface area contributed by atoms with Gasteiger partial charge in [-0.15, -0.1) is 0 Å². The van der Waals surface area contributed by atoms with Crippen LogP contribution in [0.1, 0.15) is 42.1 Å². The highest BCUT2D eigenvalue weighted by atomic mass is 14.6. The number of hydrogen-bond donors (Lipinski definition) is 1. The van der Waals surface area contributed by atoms with E-state index in [0.29, 0.717) is 5.92 Å². The largest absolute Gasteiger partial charge is 0.324 e. The first-order valence-electron chi connectivity index (χ1n) is 7.44. The first-order chi connectivity index (χ1) is 9.54. The van der Waals surface area contributed by atoms with Gasteiger partial charge in [0.1, 0.15) is 0 Å². The van der Waals surface area contributed by atoms with Crippen LogP contribution in [0.2, 0.25) is 0 Å². The molecule has 0 radical (unpaired) electrons. The molecule has 0 amide bonds. The van der Waals surface area contributed by atoms with E-state index in [2.05, 4.69) is 69.3 Å². The molecule has 1 unspecified atom stereocenters. The molecule has 2 aromatic carbocycles. The number of nitrogens with two attached hydrogens (primary N) is 1. The number of hydrogen-bond acceptors (Lipinski definition) is 1. The summed E-state index contributed by atoms with van der Waals surface area (Å²) in [4.78, 5) is 0. The number of aryl methyl sites for hydroxylation is 1. The van der Waals surface area contributed by atoms with Gasteiger partial charge in [-0.1, -0.05) is 67.9 Å². The fourth-order valence-electron chi connectivity index (χ4n) is 2.47. The van der Waals surface area contributed by atoms with Gasteiger partial charge in [0.25, 0.3) is 0 Å². The highest BCUT2D eigenvalue weighted by molar-refractivity contribution is 5.28. The minimum atomic E-state index is 0.0748. The van der Waals surface area contributed by atoms with Crippen molar-refractivity contribution in [3.05, 3.63) is 70.8 Å². The van der Waals surface area contributed by atoms with Gasteiger partial charge in [-0.05, 0) is 42.4 Å². The second-order valence-electron chi connectivity index (χ2n) is 6.14. The molecule has 1 atom stereocenters. The van der Waals surface area contributed by atoms with Crippen LogP contribution >= 0.6 is 0 Å². The lowest BCUT2D eigenvalue weighted by Gasteiger charge is -2.13. The average Bonchev–Trinajstić information content (AvgIpc) is 2.41. The molecule has 2 aromatic rings. The molecule has 0 saturated carbocycles. The lowest BCUT2D eigenvalue weighted by molar-refractivity contribution is 0.646. The van der Waals surface area contributed by atoms with Gasteiger partial charge in [0.2, 0.25) is 0 Å². The fourth-order valence-corrected chi connectivity index (χ4v) is 2.47. The summed E-state index contributed by atoms with van der Waals surface area (Å²) < 4.78 is 0. The Morgan fingerprint density at radius 1 is 0.800 bits per heavy atom. The van der Waals surface area contributed by atoms with E-state index < -0.39 is 0 Å². The number of rotatable bonds is 5. The summed E-state index contributed by atoms with van der Waals surface area (Å²) in [5.41, 5.74) is 11.5. The third-order valence-electron chi connectivity index (χ3n) is 3.63. The van der Waals surface area contributed by atoms with E-state index in [1.54, 1.807) is 0 Å². The molecule has 0 fully saturated rings. The Kier molecular flexibility index (Phi) is 4.97. The Hall–Kier alpha value is -1.60. The lowest BCUT2D eigenvalue weighted by atomic mass is 9.96. The molecule has 0 heterocycles. The van der Waals surface area contributed by atoms with Crippen molar-refractivity contribution in [2.24, 2.45) is 11.7 Å². The van der Waals surface area contributed by atoms with Crippen molar-refractivity contribution >= 4 is 0 Å². The van der Waals surface area contributed by atoms with E-state index in [0.717, 1.165) is 12.8 Å². The zero-order valence-electron chi connectivity index (χ0n) is 12.8. The minimum Gasteiger partial charge on any atom is -0.324 e. The predicted molar refractivity (Wildman–Crippen MR) is 86.8 cm³/mol. The van der Waals surface area contributed by atoms with Gasteiger partial charge in [-0.2, -0.15) is 0 Å². The van der Waals surface area contributed by atoms with Gasteiger partial charge in [0.05, 0.1) is 0 Å². The van der Waals surface area contributed by atoms with Crippen molar-refractivity contribution < 1.29 is 0 Å². The first kappa shape index (κ1) is 14.8. The Bertz CT molecular complexity index is 523. The monoisotopic (exact) mass is 267 g/mol. The molecule has 1 nitrogen and oxygen atoms in total. The van der Waals surface area contributed by atoms with Gasteiger partial charge < -0.3 is 5.73 Å². The second-order valence-corrected chi connectivity index (χ2v) is 6.14. The third-order valence-corrected chi connectivity index (χ3v) is 3.63. The van der Waals surface area contributed by atoms with Gasteiger partial charge in [-0.25, -0.2) is 0 Å². The highest BCUT2D eigenvalue weighted by Crippen LogP contribution is 2.18. The summed E-state index contributed by atoms with van der Waals surface area (Å²) >= 11 is 0. The molecule has 1 heteroatoms. The van der Waals surface area contributed by atoms with Crippen molar-refractivity contribution in [1.29, 1.82) is 0 Å². The van der Waals surface area contributed by atoms with Crippen LogP contribution in [-0.2, 0) is 12.8 Å². The van der Waals surface area contributed by atoms with E-state index in [1.165, 1.54) is 22.3 Å². The van der Waals surface area contributed by atoms with Crippen LogP contribution in [0.3, 0.4) is 0 Å². The Labute approximate surface area is 122 Å². The van der Waals surface area contributed by atoms with E-state index in [1.807, 2.05) is 0 Å². The lowest BCUT2D eigenvalue weighted by Crippen LogP contribution is -2.13. The normalized spacial score (nSPS) is 12.7. The molecule has 0 aromatic heterocycles. The fraction of sp³-hybridized carbons (Fsp3) is 0.368. The molecule has 2 rings (SSSR count). The van der Waals surface area contributed by atoms with Crippen LogP contribution in [0.25, 0.3) is 0 Å². The molecular weight excluding hydrogens is 242 g/mol. The third kappa shape index (κ3) is 4.21. The van der Waals surface area contributed by atoms with Crippen LogP contribution in [-0.4, -0.2) is 0 Å². The van der Waals surface area contributed by atoms with Gasteiger partial charge in [0, 0.05) is 6.04 Å². The van der Waals surface area contributed by atoms with Crippen molar-refractivity contribution in [3.63, 3.8) is 0 Å². The molecule has 0 saturated heterocycles. The van der Waals surface area contributed by atoms with Crippen molar-refractivity contribution in [3.8, 4) is 0 Å². The summed E-state index contributed by atoms with van der Waals surface area (Å²) in [5.74, 6) is 0.696. The summed E-state index contributed by atoms with van der Waals surface area (Å²) in [7, 11) is 0. The second kappa shape index (κ2) is 6.71. The highest BCUT2D eigenvalue weighted by Gasteiger charge is 2.07. The smallest absolute Gasteiger partial charge is 0.0335 e. The maximum Gasteiger partial charge on any atom is 0.0335 e. The standard InChI is InChI=1S/C19H25N/c1-14(2)12-16-8-10-18(11-9-16)19(20)13-17-6-4-15(3)5-7-17/h4-11,14,19H,12-13,20H2,1-3H3. The summed E-state index contributed by atoms with van der Waals surface area (Å²) in [6.07, 6.45) is 2.03. The summed E-state index contributed by atoms with van der Waals surface area (Å²) in [5, 5.41) is 0.